The third-order valence-corrected chi connectivity index (χ3v) is 3.06. The summed E-state index contributed by atoms with van der Waals surface area (Å²) in [5.41, 5.74) is 8.24. The summed E-state index contributed by atoms with van der Waals surface area (Å²) < 4.78 is 5.36. The number of hydrogen-bond acceptors (Lipinski definition) is 4. The third-order valence-electron chi connectivity index (χ3n) is 3.06. The largest absolute Gasteiger partial charge is 0.395 e. The van der Waals surface area contributed by atoms with Crippen LogP contribution in [0.1, 0.15) is 5.56 Å². The number of para-hydroxylation sites is 1. The van der Waals surface area contributed by atoms with E-state index in [2.05, 4.69) is 17.0 Å². The molecule has 2 rings (SSSR count). The zero-order valence-corrected chi connectivity index (χ0v) is 11.2. The highest BCUT2D eigenvalue weighted by Crippen LogP contribution is 2.22. The molecule has 1 unspecified atom stereocenters. The van der Waals surface area contributed by atoms with Gasteiger partial charge in [-0.15, -0.1) is 12.4 Å². The van der Waals surface area contributed by atoms with Gasteiger partial charge in [0.15, 0.2) is 0 Å². The van der Waals surface area contributed by atoms with Crippen LogP contribution in [0.25, 0.3) is 0 Å². The van der Waals surface area contributed by atoms with Crippen molar-refractivity contribution in [2.24, 2.45) is 5.73 Å². The molecule has 4 nitrogen and oxygen atoms in total. The molecule has 0 bridgehead atoms. The average Bonchev–Trinajstić information content (AvgIpc) is 2.40. The molecule has 1 aliphatic heterocycles. The number of nitrogens with zero attached hydrogens (tertiary/aromatic N) is 1. The molecule has 18 heavy (non-hydrogen) atoms. The fourth-order valence-corrected chi connectivity index (χ4v) is 2.14. The molecule has 1 saturated heterocycles. The number of halogens is 1. The van der Waals surface area contributed by atoms with Crippen LogP contribution in [0, 0.1) is 0 Å². The van der Waals surface area contributed by atoms with E-state index in [9.17, 15) is 0 Å². The van der Waals surface area contributed by atoms with Crippen LogP contribution < -0.4 is 10.6 Å². The van der Waals surface area contributed by atoms with Crippen molar-refractivity contribution >= 4 is 18.1 Å². The molecule has 0 aromatic heterocycles. The van der Waals surface area contributed by atoms with Crippen molar-refractivity contribution in [1.82, 2.24) is 0 Å². The zero-order chi connectivity index (χ0) is 12.1. The van der Waals surface area contributed by atoms with E-state index < -0.39 is 0 Å². The van der Waals surface area contributed by atoms with Crippen LogP contribution >= 0.6 is 12.4 Å². The van der Waals surface area contributed by atoms with Crippen molar-refractivity contribution in [3.63, 3.8) is 0 Å². The van der Waals surface area contributed by atoms with Gasteiger partial charge in [0.25, 0.3) is 0 Å². The fourth-order valence-electron chi connectivity index (χ4n) is 2.14. The van der Waals surface area contributed by atoms with Gasteiger partial charge in [0.05, 0.1) is 19.8 Å². The molecule has 1 aromatic rings. The molecule has 0 saturated carbocycles. The second kappa shape index (κ2) is 7.59. The van der Waals surface area contributed by atoms with Crippen LogP contribution in [-0.4, -0.2) is 44.1 Å². The molecular weight excluding hydrogens is 252 g/mol. The van der Waals surface area contributed by atoms with Gasteiger partial charge >= 0.3 is 0 Å². The van der Waals surface area contributed by atoms with Crippen molar-refractivity contribution in [2.75, 3.05) is 37.8 Å². The number of ether oxygens (including phenoxy) is 1. The van der Waals surface area contributed by atoms with Crippen molar-refractivity contribution < 1.29 is 9.84 Å². The second-order valence-electron chi connectivity index (χ2n) is 4.37. The van der Waals surface area contributed by atoms with Crippen LogP contribution in [0.2, 0.25) is 0 Å². The normalized spacial score (nSPS) is 17.1. The van der Waals surface area contributed by atoms with E-state index in [1.165, 1.54) is 11.3 Å². The minimum absolute atomic E-state index is 0. The summed E-state index contributed by atoms with van der Waals surface area (Å²) in [6.45, 7) is 3.43. The molecule has 0 spiro atoms. The van der Waals surface area contributed by atoms with Crippen LogP contribution in [0.4, 0.5) is 5.69 Å². The Morgan fingerprint density at radius 1 is 1.28 bits per heavy atom. The Morgan fingerprint density at radius 2 is 1.94 bits per heavy atom. The Bertz CT molecular complexity index is 357. The summed E-state index contributed by atoms with van der Waals surface area (Å²) >= 11 is 0. The predicted molar refractivity (Wildman–Crippen MR) is 75.5 cm³/mol. The second-order valence-corrected chi connectivity index (χ2v) is 4.37. The van der Waals surface area contributed by atoms with E-state index in [0.717, 1.165) is 26.3 Å². The molecule has 1 atom stereocenters. The maximum Gasteiger partial charge on any atom is 0.0642 e. The lowest BCUT2D eigenvalue weighted by molar-refractivity contribution is 0.122. The lowest BCUT2D eigenvalue weighted by atomic mass is 10.0. The molecular formula is C13H21ClN2O2. The van der Waals surface area contributed by atoms with Crippen molar-refractivity contribution in [2.45, 2.75) is 12.5 Å². The summed E-state index contributed by atoms with van der Waals surface area (Å²) in [5, 5.41) is 9.04. The summed E-state index contributed by atoms with van der Waals surface area (Å²) in [6.07, 6.45) is 0.712. The number of anilines is 1. The third kappa shape index (κ3) is 3.85. The first-order chi connectivity index (χ1) is 8.31. The number of rotatable bonds is 4. The minimum Gasteiger partial charge on any atom is -0.395 e. The van der Waals surface area contributed by atoms with E-state index in [0.29, 0.717) is 6.42 Å². The highest BCUT2D eigenvalue weighted by Gasteiger charge is 2.15. The van der Waals surface area contributed by atoms with Gasteiger partial charge in [-0.2, -0.15) is 0 Å². The Labute approximate surface area is 114 Å². The lowest BCUT2D eigenvalue weighted by Crippen LogP contribution is -2.37. The molecule has 0 aliphatic carbocycles. The van der Waals surface area contributed by atoms with Crippen LogP contribution in [-0.2, 0) is 11.2 Å². The summed E-state index contributed by atoms with van der Waals surface area (Å²) in [4.78, 5) is 2.32. The highest BCUT2D eigenvalue weighted by molar-refractivity contribution is 5.85. The number of nitrogens with two attached hydrogens (primary N) is 1. The minimum atomic E-state index is -0.183. The SMILES string of the molecule is Cl.NC(CO)Cc1ccccc1N1CCOCC1. The molecule has 1 heterocycles. The highest BCUT2D eigenvalue weighted by atomic mass is 35.5. The monoisotopic (exact) mass is 272 g/mol. The van der Waals surface area contributed by atoms with Gasteiger partial charge in [0.2, 0.25) is 0 Å². The summed E-state index contributed by atoms with van der Waals surface area (Å²) in [6, 6.07) is 8.07. The number of morpholine rings is 1. The number of aliphatic hydroxyl groups is 1. The maximum atomic E-state index is 9.04. The van der Waals surface area contributed by atoms with E-state index in [-0.39, 0.29) is 25.1 Å². The Morgan fingerprint density at radius 3 is 2.61 bits per heavy atom. The van der Waals surface area contributed by atoms with Gasteiger partial charge < -0.3 is 20.5 Å². The maximum absolute atomic E-state index is 9.04. The number of aliphatic hydroxyl groups excluding tert-OH is 1. The zero-order valence-electron chi connectivity index (χ0n) is 10.4. The van der Waals surface area contributed by atoms with Crippen LogP contribution in [0.15, 0.2) is 24.3 Å². The van der Waals surface area contributed by atoms with Gasteiger partial charge in [-0.1, -0.05) is 18.2 Å². The molecule has 1 fully saturated rings. The lowest BCUT2D eigenvalue weighted by Gasteiger charge is -2.31. The van der Waals surface area contributed by atoms with Crippen LogP contribution in [0.5, 0.6) is 0 Å². The van der Waals surface area contributed by atoms with Gasteiger partial charge in [0, 0.05) is 24.8 Å². The standard InChI is InChI=1S/C13H20N2O2.ClH/c14-12(10-16)9-11-3-1-2-4-13(11)15-5-7-17-8-6-15;/h1-4,12,16H,5-10,14H2;1H. The summed E-state index contributed by atoms with van der Waals surface area (Å²) in [7, 11) is 0. The topological polar surface area (TPSA) is 58.7 Å². The summed E-state index contributed by atoms with van der Waals surface area (Å²) in [5.74, 6) is 0. The van der Waals surface area contributed by atoms with E-state index in [4.69, 9.17) is 15.6 Å². The Balaban J connectivity index is 0.00000162. The average molecular weight is 273 g/mol. The fraction of sp³-hybridized carbons (Fsp3) is 0.538. The van der Waals surface area contributed by atoms with Crippen molar-refractivity contribution in [3.05, 3.63) is 29.8 Å². The molecule has 102 valence electrons. The first-order valence-electron chi connectivity index (χ1n) is 6.08. The number of benzene rings is 1. The molecule has 0 radical (unpaired) electrons. The van der Waals surface area contributed by atoms with Gasteiger partial charge in [-0.05, 0) is 18.1 Å². The van der Waals surface area contributed by atoms with E-state index >= 15 is 0 Å². The molecule has 1 aromatic carbocycles. The van der Waals surface area contributed by atoms with E-state index in [1.807, 2.05) is 12.1 Å². The van der Waals surface area contributed by atoms with E-state index in [1.54, 1.807) is 0 Å². The first kappa shape index (κ1) is 15.2. The predicted octanol–water partition coefficient (Wildman–Crippen LogP) is 0.807. The quantitative estimate of drug-likeness (QED) is 0.852. The first-order valence-corrected chi connectivity index (χ1v) is 6.08. The molecule has 1 aliphatic rings. The Kier molecular flexibility index (Phi) is 6.43. The molecule has 5 heteroatoms. The van der Waals surface area contributed by atoms with Crippen molar-refractivity contribution in [3.8, 4) is 0 Å². The smallest absolute Gasteiger partial charge is 0.0642 e. The number of hydrogen-bond donors (Lipinski definition) is 2. The van der Waals surface area contributed by atoms with Crippen molar-refractivity contribution in [1.29, 1.82) is 0 Å². The van der Waals surface area contributed by atoms with Crippen LogP contribution in [0.3, 0.4) is 0 Å². The van der Waals surface area contributed by atoms with Gasteiger partial charge in [-0.25, -0.2) is 0 Å². The van der Waals surface area contributed by atoms with Gasteiger partial charge in [0.1, 0.15) is 0 Å². The Hall–Kier alpha value is -0.810. The van der Waals surface area contributed by atoms with Gasteiger partial charge in [-0.3, -0.25) is 0 Å². The molecule has 0 amide bonds. The molecule has 3 N–H and O–H groups in total.